The molecule has 0 bridgehead atoms. The maximum Gasteiger partial charge on any atom is 0.319 e. The van der Waals surface area contributed by atoms with Crippen LogP contribution in [0.5, 0.6) is 0 Å². The number of aromatic nitrogens is 3. The van der Waals surface area contributed by atoms with E-state index in [0.29, 0.717) is 24.0 Å². The number of fused-ring (bicyclic) bond motifs is 1. The maximum atomic E-state index is 13.9. The minimum Gasteiger partial charge on any atom is -0.337 e. The second-order valence-corrected chi connectivity index (χ2v) is 7.62. The molecule has 30 heavy (non-hydrogen) atoms. The Morgan fingerprint density at radius 1 is 1.10 bits per heavy atom. The highest BCUT2D eigenvalue weighted by atomic mass is 79.9. The second-order valence-electron chi connectivity index (χ2n) is 6.70. The first-order valence-corrected chi connectivity index (χ1v) is 10.2. The van der Waals surface area contributed by atoms with E-state index in [-0.39, 0.29) is 5.69 Å². The Hall–Kier alpha value is -3.26. The van der Waals surface area contributed by atoms with Crippen LogP contribution in [0.15, 0.2) is 71.3 Å². The molecule has 2 aromatic heterocycles. The average Bonchev–Trinajstić information content (AvgIpc) is 3.08. The number of carbonyl (C=O) groups excluding carboxylic acids is 1. The first kappa shape index (κ1) is 20.0. The summed E-state index contributed by atoms with van der Waals surface area (Å²) in [5, 5.41) is 5.27. The number of hydrogen-bond donors (Lipinski definition) is 2. The van der Waals surface area contributed by atoms with E-state index in [1.54, 1.807) is 12.3 Å². The van der Waals surface area contributed by atoms with E-state index >= 15 is 0 Å². The van der Waals surface area contributed by atoms with Gasteiger partial charge in [-0.1, -0.05) is 46.3 Å². The van der Waals surface area contributed by atoms with Gasteiger partial charge in [-0.05, 0) is 35.9 Å². The van der Waals surface area contributed by atoms with Crippen LogP contribution in [0.3, 0.4) is 0 Å². The smallest absolute Gasteiger partial charge is 0.319 e. The van der Waals surface area contributed by atoms with Crippen LogP contribution in [0.1, 0.15) is 11.4 Å². The van der Waals surface area contributed by atoms with Crippen molar-refractivity contribution >= 4 is 38.8 Å². The Morgan fingerprint density at radius 3 is 2.73 bits per heavy atom. The lowest BCUT2D eigenvalue weighted by molar-refractivity contribution is 0.252. The molecule has 0 aliphatic carbocycles. The van der Waals surface area contributed by atoms with E-state index in [1.165, 1.54) is 12.1 Å². The van der Waals surface area contributed by atoms with Gasteiger partial charge >= 0.3 is 6.03 Å². The van der Waals surface area contributed by atoms with Crippen LogP contribution >= 0.6 is 15.9 Å². The number of benzene rings is 2. The number of anilines is 1. The van der Waals surface area contributed by atoms with E-state index in [2.05, 4.69) is 53.2 Å². The van der Waals surface area contributed by atoms with Gasteiger partial charge in [-0.25, -0.2) is 19.2 Å². The topological polar surface area (TPSA) is 71.8 Å². The molecule has 0 aliphatic rings. The molecule has 2 amide bonds. The van der Waals surface area contributed by atoms with Gasteiger partial charge in [-0.15, -0.1) is 0 Å². The van der Waals surface area contributed by atoms with Gasteiger partial charge < -0.3 is 15.2 Å². The number of imidazole rings is 1. The normalized spacial score (nSPS) is 10.9. The number of amides is 2. The zero-order chi connectivity index (χ0) is 20.9. The Bertz CT molecular complexity index is 1180. The van der Waals surface area contributed by atoms with Crippen LogP contribution in [0.4, 0.5) is 14.9 Å². The summed E-state index contributed by atoms with van der Waals surface area (Å²) >= 11 is 3.19. The Labute approximate surface area is 181 Å². The highest BCUT2D eigenvalue weighted by Crippen LogP contribution is 2.19. The fourth-order valence-corrected chi connectivity index (χ4v) is 3.51. The molecular weight excluding hydrogens is 449 g/mol. The molecule has 0 fully saturated rings. The summed E-state index contributed by atoms with van der Waals surface area (Å²) in [5.41, 5.74) is 2.87. The summed E-state index contributed by atoms with van der Waals surface area (Å²) in [7, 11) is 0. The lowest BCUT2D eigenvalue weighted by atomic mass is 10.2. The molecule has 0 aliphatic heterocycles. The molecule has 2 aromatic carbocycles. The van der Waals surface area contributed by atoms with Gasteiger partial charge in [0.15, 0.2) is 5.65 Å². The van der Waals surface area contributed by atoms with Crippen LogP contribution < -0.4 is 10.6 Å². The average molecular weight is 468 g/mol. The summed E-state index contributed by atoms with van der Waals surface area (Å²) in [4.78, 5) is 21.3. The van der Waals surface area contributed by atoms with Crippen molar-refractivity contribution in [3.05, 3.63) is 88.5 Å². The number of halogens is 2. The van der Waals surface area contributed by atoms with Crippen LogP contribution in [0, 0.1) is 5.82 Å². The molecule has 0 saturated heterocycles. The highest BCUT2D eigenvalue weighted by Gasteiger charge is 2.13. The van der Waals surface area contributed by atoms with Gasteiger partial charge in [0.1, 0.15) is 17.2 Å². The van der Waals surface area contributed by atoms with E-state index in [9.17, 15) is 9.18 Å². The first-order valence-electron chi connectivity index (χ1n) is 9.44. The summed E-state index contributed by atoms with van der Waals surface area (Å²) in [6, 6.07) is 17.8. The van der Waals surface area contributed by atoms with E-state index < -0.39 is 11.8 Å². The SMILES string of the molecule is O=C(NCCc1nc2cccnc2n1Cc1ccccc1)Nc1ccc(Br)cc1F. The fraction of sp³-hybridized carbons (Fsp3) is 0.136. The molecule has 2 N–H and O–H groups in total. The molecule has 4 aromatic rings. The highest BCUT2D eigenvalue weighted by molar-refractivity contribution is 9.10. The van der Waals surface area contributed by atoms with Crippen molar-refractivity contribution in [3.63, 3.8) is 0 Å². The molecule has 0 radical (unpaired) electrons. The van der Waals surface area contributed by atoms with Gasteiger partial charge in [-0.3, -0.25) is 0 Å². The van der Waals surface area contributed by atoms with Crippen LogP contribution in [0.2, 0.25) is 0 Å². The second kappa shape index (κ2) is 9.04. The number of pyridine rings is 1. The van der Waals surface area contributed by atoms with Crippen molar-refractivity contribution in [2.24, 2.45) is 0 Å². The number of urea groups is 1. The number of hydrogen-bond acceptors (Lipinski definition) is 3. The fourth-order valence-electron chi connectivity index (χ4n) is 3.17. The lowest BCUT2D eigenvalue weighted by Crippen LogP contribution is -2.31. The molecular formula is C22H19BrFN5O. The molecule has 0 spiro atoms. The number of nitrogens with zero attached hydrogens (tertiary/aromatic N) is 3. The van der Waals surface area contributed by atoms with Crippen LogP contribution in [-0.2, 0) is 13.0 Å². The standard InChI is InChI=1S/C22H19BrFN5O/c23-16-8-9-18(17(24)13-16)28-22(30)26-12-10-20-27-19-7-4-11-25-21(19)29(20)14-15-5-2-1-3-6-15/h1-9,11,13H,10,12,14H2,(H2,26,28,30). The summed E-state index contributed by atoms with van der Waals surface area (Å²) in [6.07, 6.45) is 2.26. The molecule has 0 unspecified atom stereocenters. The number of carbonyl (C=O) groups is 1. The van der Waals surface area contributed by atoms with E-state index in [0.717, 1.165) is 22.6 Å². The van der Waals surface area contributed by atoms with Crippen molar-refractivity contribution in [3.8, 4) is 0 Å². The van der Waals surface area contributed by atoms with Crippen molar-refractivity contribution in [1.29, 1.82) is 0 Å². The van der Waals surface area contributed by atoms with Crippen LogP contribution in [0.25, 0.3) is 11.2 Å². The zero-order valence-electron chi connectivity index (χ0n) is 16.0. The summed E-state index contributed by atoms with van der Waals surface area (Å²) in [5.74, 6) is 0.318. The van der Waals surface area contributed by atoms with Gasteiger partial charge in [0.05, 0.1) is 12.2 Å². The van der Waals surface area contributed by atoms with Gasteiger partial charge in [-0.2, -0.15) is 0 Å². The Morgan fingerprint density at radius 2 is 1.93 bits per heavy atom. The first-order chi connectivity index (χ1) is 14.6. The predicted molar refractivity (Wildman–Crippen MR) is 118 cm³/mol. The van der Waals surface area contributed by atoms with Gasteiger partial charge in [0.2, 0.25) is 0 Å². The van der Waals surface area contributed by atoms with Crippen molar-refractivity contribution in [2.45, 2.75) is 13.0 Å². The minimum absolute atomic E-state index is 0.121. The van der Waals surface area contributed by atoms with Gasteiger partial charge in [0.25, 0.3) is 0 Å². The van der Waals surface area contributed by atoms with E-state index in [4.69, 9.17) is 0 Å². The molecule has 4 rings (SSSR count). The lowest BCUT2D eigenvalue weighted by Gasteiger charge is -2.11. The maximum absolute atomic E-state index is 13.9. The molecule has 6 nitrogen and oxygen atoms in total. The van der Waals surface area contributed by atoms with Crippen LogP contribution in [-0.4, -0.2) is 27.1 Å². The molecule has 0 atom stereocenters. The van der Waals surface area contributed by atoms with Crippen molar-refractivity contribution in [2.75, 3.05) is 11.9 Å². The largest absolute Gasteiger partial charge is 0.337 e. The van der Waals surface area contributed by atoms with Gasteiger partial charge in [0, 0.05) is 23.6 Å². The molecule has 2 heterocycles. The summed E-state index contributed by atoms with van der Waals surface area (Å²) in [6.45, 7) is 0.988. The number of rotatable bonds is 6. The third kappa shape index (κ3) is 4.65. The minimum atomic E-state index is -0.504. The predicted octanol–water partition coefficient (Wildman–Crippen LogP) is 4.75. The monoisotopic (exact) mass is 467 g/mol. The number of nitrogens with one attached hydrogen (secondary N) is 2. The Balaban J connectivity index is 1.44. The third-order valence-corrected chi connectivity index (χ3v) is 5.07. The molecule has 8 heteroatoms. The summed E-state index contributed by atoms with van der Waals surface area (Å²) < 4.78 is 16.5. The molecule has 0 saturated carbocycles. The van der Waals surface area contributed by atoms with Crippen molar-refractivity contribution in [1.82, 2.24) is 19.9 Å². The zero-order valence-corrected chi connectivity index (χ0v) is 17.6. The van der Waals surface area contributed by atoms with E-state index in [1.807, 2.05) is 30.3 Å². The quantitative estimate of drug-likeness (QED) is 0.429. The van der Waals surface area contributed by atoms with Crippen molar-refractivity contribution < 1.29 is 9.18 Å². The third-order valence-electron chi connectivity index (χ3n) is 4.58. The molecule has 152 valence electrons. The Kier molecular flexibility index (Phi) is 6.04.